The lowest BCUT2D eigenvalue weighted by Gasteiger charge is -2.36. The first-order valence-corrected chi connectivity index (χ1v) is 11.3. The largest absolute Gasteiger partial charge is 0.457 e. The van der Waals surface area contributed by atoms with Crippen LogP contribution in [0, 0.1) is 0 Å². The first kappa shape index (κ1) is 26.2. The van der Waals surface area contributed by atoms with Crippen molar-refractivity contribution in [1.82, 2.24) is 0 Å². The highest BCUT2D eigenvalue weighted by Gasteiger charge is 2.38. The zero-order valence-electron chi connectivity index (χ0n) is 18.8. The third kappa shape index (κ3) is 14.8. The lowest BCUT2D eigenvalue weighted by atomic mass is 9.89. The van der Waals surface area contributed by atoms with Crippen molar-refractivity contribution in [2.24, 2.45) is 0 Å². The molecular weight excluding hydrogens is 336 g/mol. The monoisotopic (exact) mass is 382 g/mol. The van der Waals surface area contributed by atoms with Crippen LogP contribution in [-0.2, 0) is 9.53 Å². The molecule has 0 heterocycles. The van der Waals surface area contributed by atoms with E-state index in [2.05, 4.69) is 19.1 Å². The molecule has 1 N–H and O–H groups in total. The van der Waals surface area contributed by atoms with Gasteiger partial charge >= 0.3 is 5.97 Å². The van der Waals surface area contributed by atoms with Gasteiger partial charge in [-0.15, -0.1) is 0 Å². The van der Waals surface area contributed by atoms with Crippen molar-refractivity contribution in [2.75, 3.05) is 0 Å². The Hall–Kier alpha value is -0.830. The highest BCUT2D eigenvalue weighted by molar-refractivity contribution is 5.69. The van der Waals surface area contributed by atoms with E-state index < -0.39 is 11.2 Å². The van der Waals surface area contributed by atoms with Gasteiger partial charge in [0.2, 0.25) is 0 Å². The van der Waals surface area contributed by atoms with Crippen molar-refractivity contribution in [3.05, 3.63) is 12.2 Å². The number of carbonyl (C=O) groups is 1. The van der Waals surface area contributed by atoms with Crippen LogP contribution in [0.1, 0.15) is 125 Å². The van der Waals surface area contributed by atoms with Crippen LogP contribution in [0.5, 0.6) is 0 Å². The Morgan fingerprint density at radius 3 is 1.70 bits per heavy atom. The molecule has 0 aliphatic carbocycles. The molecule has 0 atom stereocenters. The van der Waals surface area contributed by atoms with Crippen LogP contribution < -0.4 is 0 Å². The number of hydrogen-bond donors (Lipinski definition) is 1. The zero-order valence-corrected chi connectivity index (χ0v) is 18.8. The molecule has 3 nitrogen and oxygen atoms in total. The molecule has 0 radical (unpaired) electrons. The Labute approximate surface area is 169 Å². The van der Waals surface area contributed by atoms with Gasteiger partial charge in [-0.05, 0) is 59.8 Å². The van der Waals surface area contributed by atoms with E-state index in [0.29, 0.717) is 6.42 Å². The van der Waals surface area contributed by atoms with Crippen molar-refractivity contribution in [2.45, 2.75) is 136 Å². The molecule has 3 heteroatoms. The molecule has 27 heavy (non-hydrogen) atoms. The Morgan fingerprint density at radius 1 is 0.778 bits per heavy atom. The molecule has 0 saturated carbocycles. The SMILES string of the molecule is CCCCCCCC/C=C\CCCCCCCC(=O)OC(C)(C)C(C)(C)O. The minimum absolute atomic E-state index is 0.209. The molecule has 0 aromatic heterocycles. The van der Waals surface area contributed by atoms with Crippen molar-refractivity contribution in [3.8, 4) is 0 Å². The first-order valence-electron chi connectivity index (χ1n) is 11.3. The predicted molar refractivity (Wildman–Crippen MR) is 116 cm³/mol. The average molecular weight is 383 g/mol. The highest BCUT2D eigenvalue weighted by atomic mass is 16.6. The smallest absolute Gasteiger partial charge is 0.306 e. The van der Waals surface area contributed by atoms with Gasteiger partial charge in [0.05, 0.1) is 5.60 Å². The lowest BCUT2D eigenvalue weighted by molar-refractivity contribution is -0.180. The van der Waals surface area contributed by atoms with Crippen LogP contribution in [0.15, 0.2) is 12.2 Å². The quantitative estimate of drug-likeness (QED) is 0.165. The van der Waals surface area contributed by atoms with Crippen molar-refractivity contribution in [1.29, 1.82) is 0 Å². The number of rotatable bonds is 17. The standard InChI is InChI=1S/C24H46O3/c1-6-7-8-9-10-11-12-13-14-15-16-17-18-19-20-21-22(25)27-24(4,5)23(2,3)26/h13-14,26H,6-12,15-21H2,1-5H3/b14-13-. The normalized spacial score (nSPS) is 12.7. The predicted octanol–water partition coefficient (Wildman–Crippen LogP) is 7.12. The average Bonchev–Trinajstić information content (AvgIpc) is 2.57. The Kier molecular flexibility index (Phi) is 14.7. The maximum absolute atomic E-state index is 11.9. The summed E-state index contributed by atoms with van der Waals surface area (Å²) in [6.07, 6.45) is 21.3. The fourth-order valence-electron chi connectivity index (χ4n) is 2.80. The number of hydrogen-bond acceptors (Lipinski definition) is 3. The number of allylic oxidation sites excluding steroid dienone is 2. The second-order valence-corrected chi connectivity index (χ2v) is 8.88. The third-order valence-electron chi connectivity index (χ3n) is 5.49. The van der Waals surface area contributed by atoms with Gasteiger partial charge < -0.3 is 9.84 Å². The molecule has 0 amide bonds. The van der Waals surface area contributed by atoms with Crippen LogP contribution in [0.2, 0.25) is 0 Å². The first-order chi connectivity index (χ1) is 12.7. The van der Waals surface area contributed by atoms with E-state index in [1.165, 1.54) is 70.6 Å². The number of carbonyl (C=O) groups excluding carboxylic acids is 1. The summed E-state index contributed by atoms with van der Waals surface area (Å²) in [7, 11) is 0. The summed E-state index contributed by atoms with van der Waals surface area (Å²) in [5.74, 6) is -0.209. The lowest BCUT2D eigenvalue weighted by Crippen LogP contribution is -2.48. The zero-order chi connectivity index (χ0) is 20.6. The molecule has 0 rings (SSSR count). The number of unbranched alkanes of at least 4 members (excludes halogenated alkanes) is 11. The molecule has 0 aromatic rings. The van der Waals surface area contributed by atoms with Crippen LogP contribution in [0.4, 0.5) is 0 Å². The van der Waals surface area contributed by atoms with Gasteiger partial charge in [0.25, 0.3) is 0 Å². The van der Waals surface area contributed by atoms with Gasteiger partial charge in [-0.3, -0.25) is 4.79 Å². The van der Waals surface area contributed by atoms with E-state index >= 15 is 0 Å². The molecule has 160 valence electrons. The Morgan fingerprint density at radius 2 is 1.22 bits per heavy atom. The third-order valence-corrected chi connectivity index (χ3v) is 5.49. The molecule has 0 saturated heterocycles. The Balaban J connectivity index is 3.47. The van der Waals surface area contributed by atoms with Gasteiger partial charge in [0.1, 0.15) is 5.60 Å². The number of ether oxygens (including phenoxy) is 1. The number of aliphatic hydroxyl groups is 1. The van der Waals surface area contributed by atoms with E-state index in [0.717, 1.165) is 12.8 Å². The minimum Gasteiger partial charge on any atom is -0.457 e. The molecule has 0 fully saturated rings. The van der Waals surface area contributed by atoms with E-state index in [1.807, 2.05) is 0 Å². The van der Waals surface area contributed by atoms with Gasteiger partial charge in [-0.1, -0.05) is 70.4 Å². The summed E-state index contributed by atoms with van der Waals surface area (Å²) >= 11 is 0. The van der Waals surface area contributed by atoms with E-state index in [4.69, 9.17) is 4.74 Å². The van der Waals surface area contributed by atoms with Crippen molar-refractivity contribution >= 4 is 5.97 Å². The molecule has 0 bridgehead atoms. The van der Waals surface area contributed by atoms with E-state index in [-0.39, 0.29) is 5.97 Å². The van der Waals surface area contributed by atoms with E-state index in [1.54, 1.807) is 27.7 Å². The molecule has 0 aliphatic rings. The molecule has 0 aromatic carbocycles. The molecule has 0 unspecified atom stereocenters. The van der Waals surface area contributed by atoms with Gasteiger partial charge in [0, 0.05) is 6.42 Å². The van der Waals surface area contributed by atoms with Crippen LogP contribution in [0.25, 0.3) is 0 Å². The Bertz CT molecular complexity index is 391. The van der Waals surface area contributed by atoms with Crippen LogP contribution in [-0.4, -0.2) is 22.3 Å². The number of esters is 1. The highest BCUT2D eigenvalue weighted by Crippen LogP contribution is 2.25. The van der Waals surface area contributed by atoms with Gasteiger partial charge in [-0.2, -0.15) is 0 Å². The van der Waals surface area contributed by atoms with Crippen LogP contribution in [0.3, 0.4) is 0 Å². The maximum Gasteiger partial charge on any atom is 0.306 e. The maximum atomic E-state index is 11.9. The summed E-state index contributed by atoms with van der Waals surface area (Å²) in [6, 6.07) is 0. The summed E-state index contributed by atoms with van der Waals surface area (Å²) in [5, 5.41) is 10.0. The fraction of sp³-hybridized carbons (Fsp3) is 0.875. The summed E-state index contributed by atoms with van der Waals surface area (Å²) in [5.41, 5.74) is -1.89. The summed E-state index contributed by atoms with van der Waals surface area (Å²) < 4.78 is 5.42. The second kappa shape index (κ2) is 15.1. The van der Waals surface area contributed by atoms with Gasteiger partial charge in [0.15, 0.2) is 0 Å². The molecular formula is C24H46O3. The minimum atomic E-state index is -1.04. The van der Waals surface area contributed by atoms with Crippen molar-refractivity contribution in [3.63, 3.8) is 0 Å². The topological polar surface area (TPSA) is 46.5 Å². The van der Waals surface area contributed by atoms with Crippen molar-refractivity contribution < 1.29 is 14.6 Å². The molecule has 0 spiro atoms. The molecule has 0 aliphatic heterocycles. The van der Waals surface area contributed by atoms with Gasteiger partial charge in [-0.25, -0.2) is 0 Å². The fourth-order valence-corrected chi connectivity index (χ4v) is 2.80. The second-order valence-electron chi connectivity index (χ2n) is 8.88. The van der Waals surface area contributed by atoms with Crippen LogP contribution >= 0.6 is 0 Å². The van der Waals surface area contributed by atoms with E-state index in [9.17, 15) is 9.90 Å². The summed E-state index contributed by atoms with van der Waals surface area (Å²) in [4.78, 5) is 11.9. The summed E-state index contributed by atoms with van der Waals surface area (Å²) in [6.45, 7) is 9.11.